The highest BCUT2D eigenvalue weighted by Crippen LogP contribution is 2.30. The van der Waals surface area contributed by atoms with Crippen molar-refractivity contribution in [3.8, 4) is 0 Å². The van der Waals surface area contributed by atoms with E-state index in [0.717, 1.165) is 18.4 Å². The molecule has 0 aliphatic heterocycles. The van der Waals surface area contributed by atoms with Gasteiger partial charge >= 0.3 is 5.97 Å². The largest absolute Gasteiger partial charge is 0.478 e. The average Bonchev–Trinajstić information content (AvgIpc) is 2.89. The summed E-state index contributed by atoms with van der Waals surface area (Å²) >= 11 is 0. The number of carboxylic acids is 1. The van der Waals surface area contributed by atoms with Gasteiger partial charge in [-0.25, -0.2) is 4.79 Å². The average molecular weight is 265 g/mol. The Kier molecular flexibility index (Phi) is 5.02. The van der Waals surface area contributed by atoms with E-state index in [1.54, 1.807) is 6.07 Å². The lowest BCUT2D eigenvalue weighted by Crippen LogP contribution is -2.26. The molecule has 1 fully saturated rings. The van der Waals surface area contributed by atoms with Crippen LogP contribution in [0.25, 0.3) is 0 Å². The molecule has 0 unspecified atom stereocenters. The minimum atomic E-state index is -0.937. The van der Waals surface area contributed by atoms with Crippen molar-refractivity contribution in [2.75, 3.05) is 6.54 Å². The summed E-state index contributed by atoms with van der Waals surface area (Å²) in [6.45, 7) is 3.89. The van der Waals surface area contributed by atoms with Crippen LogP contribution in [0.1, 0.15) is 55.1 Å². The number of carboxylic acid groups (broad SMARTS) is 1. The molecule has 1 aromatic heterocycles. The van der Waals surface area contributed by atoms with E-state index >= 15 is 0 Å². The molecule has 0 aromatic carbocycles. The molecule has 0 saturated heterocycles. The van der Waals surface area contributed by atoms with Crippen molar-refractivity contribution in [3.05, 3.63) is 23.7 Å². The van der Waals surface area contributed by atoms with Gasteiger partial charge in [0, 0.05) is 0 Å². The van der Waals surface area contributed by atoms with Crippen molar-refractivity contribution in [3.63, 3.8) is 0 Å². The van der Waals surface area contributed by atoms with Crippen molar-refractivity contribution in [1.29, 1.82) is 0 Å². The number of hydrogen-bond acceptors (Lipinski definition) is 3. The van der Waals surface area contributed by atoms with Crippen LogP contribution in [-0.4, -0.2) is 17.6 Å². The third-order valence-electron chi connectivity index (χ3n) is 4.18. The van der Waals surface area contributed by atoms with Gasteiger partial charge in [-0.1, -0.05) is 26.2 Å². The van der Waals surface area contributed by atoms with Gasteiger partial charge in [0.05, 0.1) is 12.1 Å². The van der Waals surface area contributed by atoms with Crippen LogP contribution in [0, 0.1) is 11.8 Å². The number of rotatable bonds is 6. The molecule has 0 amide bonds. The second-order valence-electron chi connectivity index (χ2n) is 5.53. The van der Waals surface area contributed by atoms with Gasteiger partial charge in [0.2, 0.25) is 0 Å². The molecule has 1 heterocycles. The Morgan fingerprint density at radius 1 is 1.37 bits per heavy atom. The van der Waals surface area contributed by atoms with Crippen LogP contribution in [0.3, 0.4) is 0 Å². The molecule has 1 saturated carbocycles. The van der Waals surface area contributed by atoms with E-state index in [0.29, 0.717) is 12.3 Å². The Balaban J connectivity index is 1.67. The SMILES string of the molecule is CCC1CCC(CNCc2cc(C(=O)O)co2)CC1. The van der Waals surface area contributed by atoms with Gasteiger partial charge in [0.25, 0.3) is 0 Å². The van der Waals surface area contributed by atoms with Crippen LogP contribution in [0.2, 0.25) is 0 Å². The third-order valence-corrected chi connectivity index (χ3v) is 4.18. The molecule has 0 spiro atoms. The van der Waals surface area contributed by atoms with E-state index in [9.17, 15) is 4.79 Å². The van der Waals surface area contributed by atoms with Crippen LogP contribution in [0.5, 0.6) is 0 Å². The van der Waals surface area contributed by atoms with E-state index in [1.165, 1.54) is 38.4 Å². The van der Waals surface area contributed by atoms with Crippen LogP contribution >= 0.6 is 0 Å². The van der Waals surface area contributed by atoms with E-state index in [4.69, 9.17) is 9.52 Å². The molecule has 0 bridgehead atoms. The number of carbonyl (C=O) groups is 1. The standard InChI is InChI=1S/C15H23NO3/c1-2-11-3-5-12(6-4-11)8-16-9-14-7-13(10-19-14)15(17)18/h7,10-12,16H,2-6,8-9H2,1H3,(H,17,18). The van der Waals surface area contributed by atoms with Crippen molar-refractivity contribution in [2.24, 2.45) is 11.8 Å². The number of aromatic carboxylic acids is 1. The summed E-state index contributed by atoms with van der Waals surface area (Å²) in [6, 6.07) is 1.59. The first-order valence-corrected chi connectivity index (χ1v) is 7.20. The number of furan rings is 1. The van der Waals surface area contributed by atoms with Gasteiger partial charge in [-0.2, -0.15) is 0 Å². The Morgan fingerprint density at radius 2 is 2.05 bits per heavy atom. The first-order valence-electron chi connectivity index (χ1n) is 7.20. The molecule has 106 valence electrons. The molecular weight excluding hydrogens is 242 g/mol. The lowest BCUT2D eigenvalue weighted by atomic mass is 9.81. The molecule has 2 rings (SSSR count). The predicted molar refractivity (Wildman–Crippen MR) is 73.1 cm³/mol. The van der Waals surface area contributed by atoms with Gasteiger partial charge in [-0.3, -0.25) is 0 Å². The Hall–Kier alpha value is -1.29. The van der Waals surface area contributed by atoms with E-state index in [1.807, 2.05) is 0 Å². The summed E-state index contributed by atoms with van der Waals surface area (Å²) in [4.78, 5) is 10.7. The van der Waals surface area contributed by atoms with Gasteiger partial charge in [-0.05, 0) is 37.3 Å². The molecule has 2 N–H and O–H groups in total. The van der Waals surface area contributed by atoms with Crippen LogP contribution in [0.4, 0.5) is 0 Å². The van der Waals surface area contributed by atoms with E-state index in [2.05, 4.69) is 12.2 Å². The zero-order chi connectivity index (χ0) is 13.7. The van der Waals surface area contributed by atoms with E-state index < -0.39 is 5.97 Å². The normalized spacial score (nSPS) is 23.4. The fraction of sp³-hybridized carbons (Fsp3) is 0.667. The fourth-order valence-electron chi connectivity index (χ4n) is 2.83. The summed E-state index contributed by atoms with van der Waals surface area (Å²) in [7, 11) is 0. The summed E-state index contributed by atoms with van der Waals surface area (Å²) in [5, 5.41) is 12.2. The van der Waals surface area contributed by atoms with Crippen LogP contribution in [-0.2, 0) is 6.54 Å². The first-order chi connectivity index (χ1) is 9.19. The second kappa shape index (κ2) is 6.75. The third kappa shape index (κ3) is 4.10. The Bertz CT molecular complexity index is 405. The van der Waals surface area contributed by atoms with Gasteiger partial charge in [-0.15, -0.1) is 0 Å². The van der Waals surface area contributed by atoms with E-state index in [-0.39, 0.29) is 5.56 Å². The molecule has 19 heavy (non-hydrogen) atoms. The Morgan fingerprint density at radius 3 is 2.63 bits per heavy atom. The topological polar surface area (TPSA) is 62.5 Å². The molecule has 4 nitrogen and oxygen atoms in total. The summed E-state index contributed by atoms with van der Waals surface area (Å²) < 4.78 is 5.21. The summed E-state index contributed by atoms with van der Waals surface area (Å²) in [5.74, 6) is 1.45. The number of hydrogen-bond donors (Lipinski definition) is 2. The van der Waals surface area contributed by atoms with Crippen molar-refractivity contribution in [1.82, 2.24) is 5.32 Å². The predicted octanol–water partition coefficient (Wildman–Crippen LogP) is 3.28. The molecule has 0 radical (unpaired) electrons. The highest BCUT2D eigenvalue weighted by molar-refractivity contribution is 5.87. The molecule has 0 atom stereocenters. The highest BCUT2D eigenvalue weighted by atomic mass is 16.4. The summed E-state index contributed by atoms with van der Waals surface area (Å²) in [6.07, 6.45) is 7.93. The zero-order valence-electron chi connectivity index (χ0n) is 11.5. The smallest absolute Gasteiger partial charge is 0.338 e. The maximum atomic E-state index is 10.7. The molecule has 1 aromatic rings. The quantitative estimate of drug-likeness (QED) is 0.828. The minimum absolute atomic E-state index is 0.222. The van der Waals surface area contributed by atoms with Crippen molar-refractivity contribution >= 4 is 5.97 Å². The highest BCUT2D eigenvalue weighted by Gasteiger charge is 2.19. The molecule has 1 aliphatic rings. The minimum Gasteiger partial charge on any atom is -0.478 e. The zero-order valence-corrected chi connectivity index (χ0v) is 11.5. The lowest BCUT2D eigenvalue weighted by Gasteiger charge is -2.27. The molecule has 4 heteroatoms. The fourth-order valence-corrected chi connectivity index (χ4v) is 2.83. The van der Waals surface area contributed by atoms with Crippen molar-refractivity contribution < 1.29 is 14.3 Å². The molecule has 1 aliphatic carbocycles. The maximum absolute atomic E-state index is 10.7. The van der Waals surface area contributed by atoms with Gasteiger partial charge in [0.15, 0.2) is 0 Å². The second-order valence-corrected chi connectivity index (χ2v) is 5.53. The molecular formula is C15H23NO3. The summed E-state index contributed by atoms with van der Waals surface area (Å²) in [5.41, 5.74) is 0.222. The number of nitrogens with one attached hydrogen (secondary N) is 1. The maximum Gasteiger partial charge on any atom is 0.338 e. The van der Waals surface area contributed by atoms with Gasteiger partial charge < -0.3 is 14.8 Å². The van der Waals surface area contributed by atoms with Crippen LogP contribution < -0.4 is 5.32 Å². The lowest BCUT2D eigenvalue weighted by molar-refractivity contribution is 0.0696. The van der Waals surface area contributed by atoms with Crippen molar-refractivity contribution in [2.45, 2.75) is 45.6 Å². The first kappa shape index (κ1) is 14.1. The van der Waals surface area contributed by atoms with Crippen LogP contribution in [0.15, 0.2) is 16.7 Å². The monoisotopic (exact) mass is 265 g/mol. The Labute approximate surface area is 114 Å². The van der Waals surface area contributed by atoms with Gasteiger partial charge in [0.1, 0.15) is 12.0 Å².